The molecular weight excluding hydrogens is 558 g/mol. The lowest BCUT2D eigenvalue weighted by atomic mass is 9.97. The van der Waals surface area contributed by atoms with E-state index in [1.54, 1.807) is 4.90 Å². The van der Waals surface area contributed by atoms with Crippen LogP contribution in [0.5, 0.6) is 11.5 Å². The fourth-order valence-electron chi connectivity index (χ4n) is 4.92. The van der Waals surface area contributed by atoms with Gasteiger partial charge in [-0.15, -0.1) is 0 Å². The Hall–Kier alpha value is -3.58. The molecule has 1 aliphatic rings. The lowest BCUT2D eigenvalue weighted by molar-refractivity contribution is 0.0971. The summed E-state index contributed by atoms with van der Waals surface area (Å²) in [5.41, 5.74) is 3.89. The molecule has 3 aromatic carbocycles. The van der Waals surface area contributed by atoms with Crippen molar-refractivity contribution in [1.82, 2.24) is 0 Å². The van der Waals surface area contributed by atoms with Crippen LogP contribution >= 0.6 is 15.9 Å². The summed E-state index contributed by atoms with van der Waals surface area (Å²) in [5.74, 6) is 1.43. The number of rotatable bonds is 8. The topological polar surface area (TPSA) is 69.0 Å². The Balaban J connectivity index is 1.71. The maximum absolute atomic E-state index is 14.0. The summed E-state index contributed by atoms with van der Waals surface area (Å²) in [7, 11) is 0. The van der Waals surface area contributed by atoms with E-state index in [2.05, 4.69) is 29.8 Å². The van der Waals surface area contributed by atoms with Crippen molar-refractivity contribution in [2.45, 2.75) is 47.1 Å². The van der Waals surface area contributed by atoms with Gasteiger partial charge in [0.05, 0.1) is 30.2 Å². The number of carbonyl (C=O) groups excluding carboxylic acids is 1. The highest BCUT2D eigenvalue weighted by Crippen LogP contribution is 2.44. The second kappa shape index (κ2) is 10.9. The van der Waals surface area contributed by atoms with E-state index >= 15 is 0 Å². The molecule has 6 nitrogen and oxygen atoms in total. The first-order valence-corrected chi connectivity index (χ1v) is 14.1. The minimum Gasteiger partial charge on any atom is -0.490 e. The monoisotopic (exact) mass is 589 g/mol. The second-order valence-electron chi connectivity index (χ2n) is 10.3. The average Bonchev–Trinajstić information content (AvgIpc) is 3.18. The molecular formula is C32H32BrNO5. The minimum absolute atomic E-state index is 0.0657. The summed E-state index contributed by atoms with van der Waals surface area (Å²) >= 11 is 3.52. The Morgan fingerprint density at radius 3 is 2.46 bits per heavy atom. The van der Waals surface area contributed by atoms with Crippen molar-refractivity contribution in [2.75, 3.05) is 18.1 Å². The van der Waals surface area contributed by atoms with Gasteiger partial charge in [-0.05, 0) is 92.3 Å². The SMILES string of the molecule is CCOc1cc(C2c3c(oc4cc(C)c(C)cc4c3=O)C(=O)N2c2cccc(Br)c2)ccc1OCCC(C)C. The van der Waals surface area contributed by atoms with E-state index in [1.807, 2.05) is 75.4 Å². The summed E-state index contributed by atoms with van der Waals surface area (Å²) in [4.78, 5) is 29.6. The number of halogens is 1. The highest BCUT2D eigenvalue weighted by Gasteiger charge is 2.44. The lowest BCUT2D eigenvalue weighted by Gasteiger charge is -2.26. The number of hydrogen-bond acceptors (Lipinski definition) is 5. The van der Waals surface area contributed by atoms with Crippen molar-refractivity contribution >= 4 is 38.5 Å². The number of nitrogens with zero attached hydrogens (tertiary/aromatic N) is 1. The predicted octanol–water partition coefficient (Wildman–Crippen LogP) is 7.75. The molecule has 39 heavy (non-hydrogen) atoms. The molecule has 2 heterocycles. The fourth-order valence-corrected chi connectivity index (χ4v) is 5.31. The number of anilines is 1. The standard InChI is InChI=1S/C32H32BrNO5/c1-6-37-27-16-21(10-11-25(27)38-13-12-18(2)3)29-28-30(35)24-14-19(4)20(5)15-26(24)39-31(28)32(36)34(29)23-9-7-8-22(33)17-23/h7-11,14-18,29H,6,12-13H2,1-5H3. The van der Waals surface area contributed by atoms with Crippen LogP contribution in [-0.4, -0.2) is 19.1 Å². The molecule has 0 fully saturated rings. The van der Waals surface area contributed by atoms with Gasteiger partial charge in [-0.3, -0.25) is 14.5 Å². The number of benzene rings is 3. The fraction of sp³-hybridized carbons (Fsp3) is 0.312. The van der Waals surface area contributed by atoms with Crippen LogP contribution in [0.15, 0.2) is 68.3 Å². The molecule has 0 bridgehead atoms. The Labute approximate surface area is 236 Å². The summed E-state index contributed by atoms with van der Waals surface area (Å²) < 4.78 is 19.0. The van der Waals surface area contributed by atoms with Crippen molar-refractivity contribution in [2.24, 2.45) is 5.92 Å². The van der Waals surface area contributed by atoms with Crippen LogP contribution in [0.3, 0.4) is 0 Å². The minimum atomic E-state index is -0.701. The van der Waals surface area contributed by atoms with Crippen molar-refractivity contribution in [3.8, 4) is 11.5 Å². The molecule has 0 saturated heterocycles. The summed E-state index contributed by atoms with van der Waals surface area (Å²) in [6.45, 7) is 11.2. The van der Waals surface area contributed by atoms with Crippen molar-refractivity contribution in [3.05, 3.63) is 97.3 Å². The Morgan fingerprint density at radius 1 is 0.974 bits per heavy atom. The van der Waals surface area contributed by atoms with Crippen LogP contribution < -0.4 is 19.8 Å². The molecule has 0 radical (unpaired) electrons. The zero-order chi connectivity index (χ0) is 27.8. The molecule has 1 unspecified atom stereocenters. The van der Waals surface area contributed by atoms with Crippen LogP contribution in [0.2, 0.25) is 0 Å². The molecule has 0 N–H and O–H groups in total. The van der Waals surface area contributed by atoms with Gasteiger partial charge in [-0.25, -0.2) is 0 Å². The third-order valence-corrected chi connectivity index (χ3v) is 7.60. The molecule has 1 aliphatic heterocycles. The number of carbonyl (C=O) groups is 1. The van der Waals surface area contributed by atoms with E-state index in [0.29, 0.717) is 52.9 Å². The average molecular weight is 591 g/mol. The molecule has 0 spiro atoms. The molecule has 202 valence electrons. The van der Waals surface area contributed by atoms with E-state index in [-0.39, 0.29) is 17.1 Å². The van der Waals surface area contributed by atoms with Gasteiger partial charge in [-0.2, -0.15) is 0 Å². The number of fused-ring (bicyclic) bond motifs is 2. The summed E-state index contributed by atoms with van der Waals surface area (Å²) in [5, 5.41) is 0.462. The maximum Gasteiger partial charge on any atom is 0.295 e. The van der Waals surface area contributed by atoms with Gasteiger partial charge in [0.1, 0.15) is 5.58 Å². The third kappa shape index (κ3) is 5.08. The lowest BCUT2D eigenvalue weighted by Crippen LogP contribution is -2.29. The van der Waals surface area contributed by atoms with Crippen molar-refractivity contribution < 1.29 is 18.7 Å². The van der Waals surface area contributed by atoms with Gasteiger partial charge in [0.2, 0.25) is 5.76 Å². The van der Waals surface area contributed by atoms with Crippen LogP contribution in [0, 0.1) is 19.8 Å². The first-order valence-electron chi connectivity index (χ1n) is 13.3. The van der Waals surface area contributed by atoms with E-state index < -0.39 is 6.04 Å². The summed E-state index contributed by atoms with van der Waals surface area (Å²) in [6.07, 6.45) is 0.918. The van der Waals surface area contributed by atoms with Crippen LogP contribution in [0.1, 0.15) is 66.0 Å². The predicted molar refractivity (Wildman–Crippen MR) is 157 cm³/mol. The van der Waals surface area contributed by atoms with Gasteiger partial charge in [0.15, 0.2) is 16.9 Å². The Morgan fingerprint density at radius 2 is 1.74 bits per heavy atom. The highest BCUT2D eigenvalue weighted by atomic mass is 79.9. The molecule has 1 amide bonds. The number of hydrogen-bond donors (Lipinski definition) is 0. The first-order chi connectivity index (χ1) is 18.7. The van der Waals surface area contributed by atoms with Gasteiger partial charge >= 0.3 is 0 Å². The quantitative estimate of drug-likeness (QED) is 0.210. The van der Waals surface area contributed by atoms with Crippen LogP contribution in [0.4, 0.5) is 5.69 Å². The molecule has 4 aromatic rings. The molecule has 7 heteroatoms. The van der Waals surface area contributed by atoms with E-state index in [1.165, 1.54) is 0 Å². The molecule has 1 aromatic heterocycles. The highest BCUT2D eigenvalue weighted by molar-refractivity contribution is 9.10. The molecule has 5 rings (SSSR count). The van der Waals surface area contributed by atoms with Crippen molar-refractivity contribution in [1.29, 1.82) is 0 Å². The number of aryl methyl sites for hydroxylation is 2. The molecule has 0 saturated carbocycles. The normalized spacial score (nSPS) is 14.8. The second-order valence-corrected chi connectivity index (χ2v) is 11.3. The zero-order valence-corrected chi connectivity index (χ0v) is 24.4. The zero-order valence-electron chi connectivity index (χ0n) is 22.8. The molecule has 1 atom stereocenters. The Kier molecular flexibility index (Phi) is 7.54. The van der Waals surface area contributed by atoms with E-state index in [9.17, 15) is 9.59 Å². The van der Waals surface area contributed by atoms with E-state index in [0.717, 1.165) is 27.6 Å². The largest absolute Gasteiger partial charge is 0.490 e. The Bertz CT molecular complexity index is 1620. The van der Waals surface area contributed by atoms with Crippen LogP contribution in [-0.2, 0) is 0 Å². The first kappa shape index (κ1) is 27.0. The van der Waals surface area contributed by atoms with E-state index in [4.69, 9.17) is 13.9 Å². The maximum atomic E-state index is 14.0. The number of amides is 1. The van der Waals surface area contributed by atoms with Crippen molar-refractivity contribution in [3.63, 3.8) is 0 Å². The van der Waals surface area contributed by atoms with Gasteiger partial charge in [-0.1, -0.05) is 41.9 Å². The van der Waals surface area contributed by atoms with Crippen LogP contribution in [0.25, 0.3) is 11.0 Å². The van der Waals surface area contributed by atoms with Gasteiger partial charge in [0.25, 0.3) is 5.91 Å². The molecule has 0 aliphatic carbocycles. The number of ether oxygens (including phenoxy) is 2. The van der Waals surface area contributed by atoms with Gasteiger partial charge < -0.3 is 13.9 Å². The smallest absolute Gasteiger partial charge is 0.295 e. The third-order valence-electron chi connectivity index (χ3n) is 7.11. The summed E-state index contributed by atoms with van der Waals surface area (Å²) in [6, 6.07) is 16.1. The van der Waals surface area contributed by atoms with Gasteiger partial charge in [0, 0.05) is 10.2 Å².